The molecule has 3 aromatic carbocycles. The molecule has 1 amide bonds. The normalized spacial score (nSPS) is 10.7. The van der Waals surface area contributed by atoms with Crippen molar-refractivity contribution in [2.45, 2.75) is 19.8 Å². The zero-order valence-corrected chi connectivity index (χ0v) is 17.1. The van der Waals surface area contributed by atoms with E-state index in [1.54, 1.807) is 30.3 Å². The summed E-state index contributed by atoms with van der Waals surface area (Å²) in [6.45, 7) is 2.15. The molecule has 4 aromatic rings. The van der Waals surface area contributed by atoms with Gasteiger partial charge in [0.05, 0.1) is 11.1 Å². The number of aromatic nitrogens is 1. The SMILES string of the molecule is CCCc1ccc(-c2ccccc2C(=O)Nc2ccc3cc(C(=O)O)ccc3n2)cc1. The average Bonchev–Trinajstić information content (AvgIpc) is 2.79. The first-order chi connectivity index (χ1) is 15.0. The lowest BCUT2D eigenvalue weighted by Gasteiger charge is -2.11. The van der Waals surface area contributed by atoms with Crippen molar-refractivity contribution in [1.29, 1.82) is 0 Å². The van der Waals surface area contributed by atoms with Crippen molar-refractivity contribution in [3.63, 3.8) is 0 Å². The van der Waals surface area contributed by atoms with E-state index in [0.29, 0.717) is 22.3 Å². The Hall–Kier alpha value is -3.99. The van der Waals surface area contributed by atoms with Crippen LogP contribution in [0, 0.1) is 0 Å². The average molecular weight is 410 g/mol. The topological polar surface area (TPSA) is 79.3 Å². The first-order valence-electron chi connectivity index (χ1n) is 10.2. The van der Waals surface area contributed by atoms with Gasteiger partial charge in [0.15, 0.2) is 0 Å². The van der Waals surface area contributed by atoms with Gasteiger partial charge >= 0.3 is 5.97 Å². The number of anilines is 1. The summed E-state index contributed by atoms with van der Waals surface area (Å²) in [5.74, 6) is -0.825. The predicted molar refractivity (Wildman–Crippen MR) is 123 cm³/mol. The van der Waals surface area contributed by atoms with Gasteiger partial charge in [-0.2, -0.15) is 0 Å². The fourth-order valence-electron chi connectivity index (χ4n) is 3.58. The summed E-state index contributed by atoms with van der Waals surface area (Å²) in [6.07, 6.45) is 2.12. The number of pyridine rings is 1. The van der Waals surface area contributed by atoms with Crippen molar-refractivity contribution in [2.24, 2.45) is 0 Å². The Morgan fingerprint density at radius 3 is 2.45 bits per heavy atom. The molecule has 31 heavy (non-hydrogen) atoms. The van der Waals surface area contributed by atoms with Crippen molar-refractivity contribution in [3.8, 4) is 11.1 Å². The summed E-state index contributed by atoms with van der Waals surface area (Å²) in [4.78, 5) is 28.6. The number of fused-ring (bicyclic) bond motifs is 1. The maximum Gasteiger partial charge on any atom is 0.335 e. The van der Waals surface area contributed by atoms with Gasteiger partial charge < -0.3 is 10.4 Å². The van der Waals surface area contributed by atoms with Gasteiger partial charge in [0.25, 0.3) is 5.91 Å². The maximum atomic E-state index is 13.0. The third kappa shape index (κ3) is 4.46. The highest BCUT2D eigenvalue weighted by atomic mass is 16.4. The molecule has 0 bridgehead atoms. The van der Waals surface area contributed by atoms with Crippen LogP contribution in [-0.4, -0.2) is 22.0 Å². The highest BCUT2D eigenvalue weighted by molar-refractivity contribution is 6.08. The zero-order valence-electron chi connectivity index (χ0n) is 17.1. The second kappa shape index (κ2) is 8.79. The third-order valence-electron chi connectivity index (χ3n) is 5.15. The summed E-state index contributed by atoms with van der Waals surface area (Å²) in [7, 11) is 0. The summed E-state index contributed by atoms with van der Waals surface area (Å²) >= 11 is 0. The maximum absolute atomic E-state index is 13.0. The zero-order chi connectivity index (χ0) is 21.8. The molecule has 0 saturated carbocycles. The van der Waals surface area contributed by atoms with Gasteiger partial charge in [-0.05, 0) is 59.5 Å². The summed E-state index contributed by atoms with van der Waals surface area (Å²) in [6, 6.07) is 23.9. The van der Waals surface area contributed by atoms with E-state index in [2.05, 4.69) is 29.4 Å². The van der Waals surface area contributed by atoms with E-state index < -0.39 is 5.97 Å². The quantitative estimate of drug-likeness (QED) is 0.421. The summed E-state index contributed by atoms with van der Waals surface area (Å²) < 4.78 is 0. The first kappa shape index (κ1) is 20.3. The number of amides is 1. The second-order valence-electron chi connectivity index (χ2n) is 7.36. The van der Waals surface area contributed by atoms with E-state index >= 15 is 0 Å². The lowest BCUT2D eigenvalue weighted by atomic mass is 9.97. The molecule has 1 heterocycles. The molecule has 0 saturated heterocycles. The number of carbonyl (C=O) groups excluding carboxylic acids is 1. The molecule has 2 N–H and O–H groups in total. The van der Waals surface area contributed by atoms with E-state index in [1.807, 2.05) is 30.3 Å². The van der Waals surface area contributed by atoms with Gasteiger partial charge in [-0.25, -0.2) is 9.78 Å². The number of carbonyl (C=O) groups is 2. The Bertz CT molecular complexity index is 1260. The van der Waals surface area contributed by atoms with Crippen molar-refractivity contribution in [3.05, 3.63) is 95.6 Å². The molecular weight excluding hydrogens is 388 g/mol. The molecule has 0 radical (unpaired) electrons. The number of hydrogen-bond acceptors (Lipinski definition) is 3. The summed E-state index contributed by atoms with van der Waals surface area (Å²) in [5.41, 5.74) is 4.49. The lowest BCUT2D eigenvalue weighted by molar-refractivity contribution is 0.0697. The standard InChI is InChI=1S/C26H22N2O3/c1-2-5-17-8-10-18(11-9-17)21-6-3-4-7-22(21)25(29)28-24-15-13-19-16-20(26(30)31)12-14-23(19)27-24/h3-4,6-16H,2,5H2,1H3,(H,30,31)(H,27,28,29). The van der Waals surface area contributed by atoms with E-state index in [4.69, 9.17) is 5.11 Å². The van der Waals surface area contributed by atoms with Crippen LogP contribution in [0.5, 0.6) is 0 Å². The van der Waals surface area contributed by atoms with Crippen LogP contribution in [-0.2, 0) is 6.42 Å². The Morgan fingerprint density at radius 2 is 1.71 bits per heavy atom. The molecule has 5 nitrogen and oxygen atoms in total. The molecule has 0 aliphatic carbocycles. The number of carboxylic acid groups (broad SMARTS) is 1. The minimum absolute atomic E-state index is 0.199. The van der Waals surface area contributed by atoms with Gasteiger partial charge in [-0.1, -0.05) is 55.8 Å². The number of carboxylic acids is 1. The van der Waals surface area contributed by atoms with Gasteiger partial charge in [-0.15, -0.1) is 0 Å². The molecule has 1 aromatic heterocycles. The third-order valence-corrected chi connectivity index (χ3v) is 5.15. The van der Waals surface area contributed by atoms with Crippen molar-refractivity contribution >= 4 is 28.6 Å². The minimum atomic E-state index is -0.987. The molecule has 4 rings (SSSR count). The number of nitrogens with zero attached hydrogens (tertiary/aromatic N) is 1. The molecule has 0 aliphatic heterocycles. The molecule has 0 fully saturated rings. The fraction of sp³-hybridized carbons (Fsp3) is 0.115. The van der Waals surface area contributed by atoms with Gasteiger partial charge in [0.2, 0.25) is 0 Å². The highest BCUT2D eigenvalue weighted by Gasteiger charge is 2.14. The Labute approximate surface area is 180 Å². The monoisotopic (exact) mass is 410 g/mol. The van der Waals surface area contributed by atoms with Crippen LogP contribution in [0.15, 0.2) is 78.9 Å². The number of aromatic carboxylic acids is 1. The van der Waals surface area contributed by atoms with Crippen LogP contribution in [0.3, 0.4) is 0 Å². The van der Waals surface area contributed by atoms with Crippen molar-refractivity contribution in [2.75, 3.05) is 5.32 Å². The molecule has 0 aliphatic rings. The predicted octanol–water partition coefficient (Wildman–Crippen LogP) is 5.80. The molecule has 154 valence electrons. The van der Waals surface area contributed by atoms with E-state index in [9.17, 15) is 9.59 Å². The van der Waals surface area contributed by atoms with Gasteiger partial charge in [-0.3, -0.25) is 4.79 Å². The molecular formula is C26H22N2O3. The van der Waals surface area contributed by atoms with Crippen LogP contribution in [0.25, 0.3) is 22.0 Å². The number of aryl methyl sites for hydroxylation is 1. The van der Waals surface area contributed by atoms with Crippen molar-refractivity contribution < 1.29 is 14.7 Å². The highest BCUT2D eigenvalue weighted by Crippen LogP contribution is 2.25. The largest absolute Gasteiger partial charge is 0.478 e. The molecule has 0 spiro atoms. The van der Waals surface area contributed by atoms with Crippen LogP contribution in [0.1, 0.15) is 39.6 Å². The Kier molecular flexibility index (Phi) is 5.76. The van der Waals surface area contributed by atoms with E-state index in [1.165, 1.54) is 11.6 Å². The smallest absolute Gasteiger partial charge is 0.335 e. The lowest BCUT2D eigenvalue weighted by Crippen LogP contribution is -2.14. The van der Waals surface area contributed by atoms with Gasteiger partial charge in [0.1, 0.15) is 5.82 Å². The van der Waals surface area contributed by atoms with E-state index in [0.717, 1.165) is 24.0 Å². The minimum Gasteiger partial charge on any atom is -0.478 e. The molecule has 0 unspecified atom stereocenters. The van der Waals surface area contributed by atoms with E-state index in [-0.39, 0.29) is 11.5 Å². The number of nitrogens with one attached hydrogen (secondary N) is 1. The van der Waals surface area contributed by atoms with Crippen molar-refractivity contribution in [1.82, 2.24) is 4.98 Å². The van der Waals surface area contributed by atoms with Crippen LogP contribution >= 0.6 is 0 Å². The fourth-order valence-corrected chi connectivity index (χ4v) is 3.58. The van der Waals surface area contributed by atoms with Crippen LogP contribution < -0.4 is 5.32 Å². The molecule has 5 heteroatoms. The summed E-state index contributed by atoms with van der Waals surface area (Å²) in [5, 5.41) is 12.7. The second-order valence-corrected chi connectivity index (χ2v) is 7.36. The van der Waals surface area contributed by atoms with Crippen LogP contribution in [0.4, 0.5) is 5.82 Å². The number of rotatable bonds is 6. The molecule has 0 atom stereocenters. The Balaban J connectivity index is 1.60. The number of hydrogen-bond donors (Lipinski definition) is 2. The Morgan fingerprint density at radius 1 is 0.935 bits per heavy atom. The van der Waals surface area contributed by atoms with Gasteiger partial charge in [0, 0.05) is 10.9 Å². The number of benzene rings is 3. The van der Waals surface area contributed by atoms with Crippen LogP contribution in [0.2, 0.25) is 0 Å². The first-order valence-corrected chi connectivity index (χ1v) is 10.2.